The largest absolute Gasteiger partial charge is 0.495 e. The number of ether oxygens (including phenoxy) is 1. The smallest absolute Gasteiger partial charge is 0.141 e. The number of benzene rings is 1. The molecule has 0 atom stereocenters. The number of hydrogen-bond acceptors (Lipinski definition) is 3. The van der Waals surface area contributed by atoms with E-state index in [0.29, 0.717) is 0 Å². The predicted molar refractivity (Wildman–Crippen MR) is 84.8 cm³/mol. The van der Waals surface area contributed by atoms with E-state index in [2.05, 4.69) is 56.2 Å². The van der Waals surface area contributed by atoms with Gasteiger partial charge in [0.25, 0.3) is 0 Å². The van der Waals surface area contributed by atoms with Crippen molar-refractivity contribution in [2.45, 2.75) is 13.5 Å². The molecule has 0 saturated carbocycles. The molecule has 96 valence electrons. The Bertz CT molecular complexity index is 534. The highest BCUT2D eigenvalue weighted by atomic mass is 79.9. The van der Waals surface area contributed by atoms with Crippen LogP contribution >= 0.6 is 43.2 Å². The third-order valence-electron chi connectivity index (χ3n) is 2.50. The zero-order valence-corrected chi connectivity index (χ0v) is 14.1. The number of hydrogen-bond donors (Lipinski definition) is 1. The second kappa shape index (κ2) is 6.08. The van der Waals surface area contributed by atoms with Gasteiger partial charge in [-0.15, -0.1) is 11.3 Å². The van der Waals surface area contributed by atoms with Gasteiger partial charge in [-0.25, -0.2) is 0 Å². The fourth-order valence-electron chi connectivity index (χ4n) is 1.62. The Morgan fingerprint density at radius 2 is 2.06 bits per heavy atom. The molecule has 0 unspecified atom stereocenters. The summed E-state index contributed by atoms with van der Waals surface area (Å²) in [4.78, 5) is 1.26. The first-order valence-corrected chi connectivity index (χ1v) is 7.82. The van der Waals surface area contributed by atoms with Crippen molar-refractivity contribution < 1.29 is 4.74 Å². The fraction of sp³-hybridized carbons (Fsp3) is 0.231. The molecule has 18 heavy (non-hydrogen) atoms. The second-order valence-corrected chi connectivity index (χ2v) is 7.20. The maximum Gasteiger partial charge on any atom is 0.141 e. The van der Waals surface area contributed by atoms with Gasteiger partial charge in [0.15, 0.2) is 0 Å². The van der Waals surface area contributed by atoms with Crippen molar-refractivity contribution in [3.8, 4) is 5.75 Å². The number of anilines is 1. The van der Waals surface area contributed by atoms with Crippen LogP contribution in [0.15, 0.2) is 32.5 Å². The van der Waals surface area contributed by atoms with Gasteiger partial charge in [-0.1, -0.05) is 6.07 Å². The van der Waals surface area contributed by atoms with Crippen LogP contribution in [0.1, 0.15) is 10.4 Å². The molecule has 5 heteroatoms. The molecule has 2 nitrogen and oxygen atoms in total. The summed E-state index contributed by atoms with van der Waals surface area (Å²) in [6.07, 6.45) is 0. The first-order valence-electron chi connectivity index (χ1n) is 5.42. The first kappa shape index (κ1) is 13.9. The molecule has 0 bridgehead atoms. The zero-order valence-electron chi connectivity index (χ0n) is 10.1. The van der Waals surface area contributed by atoms with Crippen molar-refractivity contribution in [2.24, 2.45) is 0 Å². The maximum atomic E-state index is 5.34. The van der Waals surface area contributed by atoms with Gasteiger partial charge < -0.3 is 10.1 Å². The average molecular weight is 391 g/mol. The minimum atomic E-state index is 0.786. The quantitative estimate of drug-likeness (QED) is 0.774. The zero-order chi connectivity index (χ0) is 13.1. The topological polar surface area (TPSA) is 21.3 Å². The minimum absolute atomic E-state index is 0.786. The van der Waals surface area contributed by atoms with Gasteiger partial charge in [-0.05, 0) is 62.5 Å². The highest BCUT2D eigenvalue weighted by molar-refractivity contribution is 9.13. The van der Waals surface area contributed by atoms with Crippen molar-refractivity contribution in [1.82, 2.24) is 0 Å². The van der Waals surface area contributed by atoms with Crippen LogP contribution in [-0.4, -0.2) is 7.11 Å². The number of methoxy groups -OCH3 is 1. The summed E-state index contributed by atoms with van der Waals surface area (Å²) in [5.74, 6) is 0.871. The Hall–Kier alpha value is -0.520. The van der Waals surface area contributed by atoms with Crippen molar-refractivity contribution in [3.05, 3.63) is 43.0 Å². The van der Waals surface area contributed by atoms with E-state index in [0.717, 1.165) is 26.2 Å². The minimum Gasteiger partial charge on any atom is -0.495 e. The van der Waals surface area contributed by atoms with Gasteiger partial charge in [0.2, 0.25) is 0 Å². The van der Waals surface area contributed by atoms with E-state index < -0.39 is 0 Å². The monoisotopic (exact) mass is 389 g/mol. The molecule has 0 fully saturated rings. The van der Waals surface area contributed by atoms with E-state index in [-0.39, 0.29) is 0 Å². The van der Waals surface area contributed by atoms with Crippen molar-refractivity contribution in [2.75, 3.05) is 12.4 Å². The molecule has 0 aliphatic carbocycles. The highest BCUT2D eigenvalue weighted by Crippen LogP contribution is 2.33. The fourth-order valence-corrected chi connectivity index (χ4v) is 3.74. The van der Waals surface area contributed by atoms with Gasteiger partial charge in [-0.3, -0.25) is 0 Å². The summed E-state index contributed by atoms with van der Waals surface area (Å²) < 4.78 is 7.56. The molecule has 0 aliphatic heterocycles. The lowest BCUT2D eigenvalue weighted by Crippen LogP contribution is -2.00. The van der Waals surface area contributed by atoms with E-state index in [1.54, 1.807) is 18.4 Å². The number of thiophene rings is 1. The van der Waals surface area contributed by atoms with Crippen LogP contribution in [-0.2, 0) is 6.54 Å². The molecule has 1 aromatic heterocycles. The van der Waals surface area contributed by atoms with Crippen LogP contribution in [0.5, 0.6) is 5.75 Å². The van der Waals surface area contributed by atoms with Crippen molar-refractivity contribution in [1.29, 1.82) is 0 Å². The van der Waals surface area contributed by atoms with Crippen LogP contribution in [0.2, 0.25) is 0 Å². The predicted octanol–water partition coefficient (Wildman–Crippen LogP) is 5.20. The summed E-state index contributed by atoms with van der Waals surface area (Å²) in [7, 11) is 1.69. The lowest BCUT2D eigenvalue weighted by molar-refractivity contribution is 0.416. The van der Waals surface area contributed by atoms with Gasteiger partial charge in [-0.2, -0.15) is 0 Å². The number of rotatable bonds is 4. The normalized spacial score (nSPS) is 10.4. The van der Waals surface area contributed by atoms with E-state index in [1.807, 2.05) is 12.1 Å². The number of halogens is 2. The third kappa shape index (κ3) is 3.28. The van der Waals surface area contributed by atoms with Crippen LogP contribution in [0.25, 0.3) is 0 Å². The Kier molecular flexibility index (Phi) is 4.70. The lowest BCUT2D eigenvalue weighted by Gasteiger charge is -2.11. The molecule has 2 aromatic rings. The Morgan fingerprint density at radius 3 is 2.67 bits per heavy atom. The molecule has 0 amide bonds. The first-order chi connectivity index (χ1) is 8.60. The van der Waals surface area contributed by atoms with Gasteiger partial charge in [0.1, 0.15) is 5.75 Å². The number of nitrogens with one attached hydrogen (secondary N) is 1. The lowest BCUT2D eigenvalue weighted by atomic mass is 10.2. The Morgan fingerprint density at radius 1 is 1.28 bits per heavy atom. The standard InChI is InChI=1S/C13H13Br2NOS/c1-8-3-4-12(17-2)11(5-8)16-7-9-6-10(14)13(15)18-9/h3-6,16H,7H2,1-2H3. The SMILES string of the molecule is COc1ccc(C)cc1NCc1cc(Br)c(Br)s1. The van der Waals surface area contributed by atoms with Crippen LogP contribution < -0.4 is 10.1 Å². The summed E-state index contributed by atoms with van der Waals surface area (Å²) in [5.41, 5.74) is 2.24. The van der Waals surface area contributed by atoms with E-state index in [9.17, 15) is 0 Å². The molecular formula is C13H13Br2NOS. The van der Waals surface area contributed by atoms with Crippen LogP contribution in [0, 0.1) is 6.92 Å². The summed E-state index contributed by atoms with van der Waals surface area (Å²) in [5, 5.41) is 3.41. The summed E-state index contributed by atoms with van der Waals surface area (Å²) in [6, 6.07) is 8.24. The van der Waals surface area contributed by atoms with Crippen molar-refractivity contribution in [3.63, 3.8) is 0 Å². The van der Waals surface area contributed by atoms with E-state index in [1.165, 1.54) is 10.4 Å². The molecule has 1 N–H and O–H groups in total. The molecule has 1 heterocycles. The molecule has 0 saturated heterocycles. The maximum absolute atomic E-state index is 5.34. The van der Waals surface area contributed by atoms with Crippen molar-refractivity contribution >= 4 is 48.9 Å². The molecular weight excluding hydrogens is 378 g/mol. The highest BCUT2D eigenvalue weighted by Gasteiger charge is 2.06. The van der Waals surface area contributed by atoms with Crippen LogP contribution in [0.3, 0.4) is 0 Å². The average Bonchev–Trinajstić information content (AvgIpc) is 2.66. The van der Waals surface area contributed by atoms with Gasteiger partial charge in [0.05, 0.1) is 16.6 Å². The number of aryl methyl sites for hydroxylation is 1. The van der Waals surface area contributed by atoms with E-state index in [4.69, 9.17) is 4.74 Å². The molecule has 1 aromatic carbocycles. The second-order valence-electron chi connectivity index (χ2n) is 3.89. The Balaban J connectivity index is 2.12. The molecule has 2 rings (SSSR count). The Labute approximate surface area is 128 Å². The third-order valence-corrected chi connectivity index (χ3v) is 5.76. The van der Waals surface area contributed by atoms with Crippen LogP contribution in [0.4, 0.5) is 5.69 Å². The molecule has 0 spiro atoms. The molecule has 0 aliphatic rings. The molecule has 0 radical (unpaired) electrons. The summed E-state index contributed by atoms with van der Waals surface area (Å²) >= 11 is 8.71. The van der Waals surface area contributed by atoms with Gasteiger partial charge in [0, 0.05) is 15.9 Å². The van der Waals surface area contributed by atoms with Gasteiger partial charge >= 0.3 is 0 Å². The van der Waals surface area contributed by atoms with E-state index >= 15 is 0 Å². The summed E-state index contributed by atoms with van der Waals surface area (Å²) in [6.45, 7) is 2.86.